The Morgan fingerprint density at radius 3 is 2.54 bits per heavy atom. The number of aliphatic hydroxyl groups excluding tert-OH is 1. The Labute approximate surface area is 165 Å². The Kier molecular flexibility index (Phi) is 5.76. The minimum Gasteiger partial charge on any atom is -0.389 e. The summed E-state index contributed by atoms with van der Waals surface area (Å²) >= 11 is 0. The first kappa shape index (κ1) is 21.4. The maximum atomic E-state index is 12.8. The number of nitrogens with two attached hydrogens (primary N) is 1. The molecule has 2 aliphatic rings. The molecule has 3 rings (SSSR count). The van der Waals surface area contributed by atoms with E-state index in [0.717, 1.165) is 38.2 Å². The number of alkyl halides is 1. The smallest absolute Gasteiger partial charge is 0.240 e. The lowest BCUT2D eigenvalue weighted by Gasteiger charge is -2.24. The highest BCUT2D eigenvalue weighted by Crippen LogP contribution is 2.58. The lowest BCUT2D eigenvalue weighted by Crippen LogP contribution is -2.32. The molecule has 8 nitrogen and oxygen atoms in total. The number of nitrogens with one attached hydrogen (secondary N) is 1. The monoisotopic (exact) mass is 435 g/mol. The van der Waals surface area contributed by atoms with Gasteiger partial charge in [0.15, 0.2) is 0 Å². The van der Waals surface area contributed by atoms with E-state index in [1.54, 1.807) is 0 Å². The Bertz CT molecular complexity index is 946. The number of benzene rings is 1. The number of hydrogen-bond donors (Lipinski definition) is 3. The lowest BCUT2D eigenvalue weighted by molar-refractivity contribution is 0.146. The van der Waals surface area contributed by atoms with Gasteiger partial charge in [-0.15, -0.1) is 0 Å². The van der Waals surface area contributed by atoms with Crippen LogP contribution in [0.15, 0.2) is 28.0 Å². The number of halogens is 1. The normalized spacial score (nSPS) is 22.4. The number of aliphatic hydroxyl groups is 1. The molecule has 1 aromatic rings. The molecule has 2 saturated carbocycles. The Morgan fingerprint density at radius 1 is 1.32 bits per heavy atom. The van der Waals surface area contributed by atoms with Crippen LogP contribution >= 0.6 is 0 Å². The predicted molar refractivity (Wildman–Crippen MR) is 103 cm³/mol. The van der Waals surface area contributed by atoms with Gasteiger partial charge in [-0.25, -0.2) is 31.1 Å². The van der Waals surface area contributed by atoms with E-state index in [-0.39, 0.29) is 28.6 Å². The lowest BCUT2D eigenvalue weighted by atomic mass is 10.1. The van der Waals surface area contributed by atoms with Gasteiger partial charge in [-0.3, -0.25) is 0 Å². The fourth-order valence-corrected chi connectivity index (χ4v) is 6.31. The second-order valence-electron chi connectivity index (χ2n) is 7.81. The first-order valence-electron chi connectivity index (χ1n) is 9.13. The van der Waals surface area contributed by atoms with Crippen molar-refractivity contribution in [2.24, 2.45) is 10.6 Å². The van der Waals surface area contributed by atoms with Gasteiger partial charge in [-0.1, -0.05) is 12.8 Å². The van der Waals surface area contributed by atoms with Crippen LogP contribution in [-0.4, -0.2) is 54.4 Å². The Balaban J connectivity index is 1.88. The van der Waals surface area contributed by atoms with Crippen LogP contribution in [0.4, 0.5) is 10.1 Å². The second-order valence-corrected chi connectivity index (χ2v) is 11.1. The average Bonchev–Trinajstić information content (AvgIpc) is 3.03. The minimum atomic E-state index is -4.25. The van der Waals surface area contributed by atoms with E-state index < -0.39 is 37.7 Å². The Morgan fingerprint density at radius 2 is 1.96 bits per heavy atom. The van der Waals surface area contributed by atoms with E-state index in [2.05, 4.69) is 4.72 Å². The highest BCUT2D eigenvalue weighted by atomic mass is 32.2. The van der Waals surface area contributed by atoms with Gasteiger partial charge in [0.2, 0.25) is 20.0 Å². The van der Waals surface area contributed by atoms with Crippen molar-refractivity contribution in [3.05, 3.63) is 18.2 Å². The molecule has 0 bridgehead atoms. The molecule has 2 unspecified atom stereocenters. The van der Waals surface area contributed by atoms with Crippen molar-refractivity contribution in [1.29, 1.82) is 0 Å². The summed E-state index contributed by atoms with van der Waals surface area (Å²) in [5.74, 6) is 0. The van der Waals surface area contributed by atoms with E-state index >= 15 is 0 Å². The molecule has 0 saturated heterocycles. The highest BCUT2D eigenvalue weighted by molar-refractivity contribution is 7.90. The number of hydrogen-bond acceptors (Lipinski definition) is 6. The van der Waals surface area contributed by atoms with Crippen LogP contribution in [0.5, 0.6) is 0 Å². The minimum absolute atomic E-state index is 0.0541. The molecule has 158 valence electrons. The molecule has 2 atom stereocenters. The van der Waals surface area contributed by atoms with Gasteiger partial charge < -0.3 is 10.0 Å². The van der Waals surface area contributed by atoms with Crippen molar-refractivity contribution in [3.63, 3.8) is 0 Å². The first-order chi connectivity index (χ1) is 13.0. The number of rotatable bonds is 8. The van der Waals surface area contributed by atoms with Gasteiger partial charge in [-0.05, 0) is 42.9 Å². The van der Waals surface area contributed by atoms with Crippen LogP contribution in [0.2, 0.25) is 0 Å². The fourth-order valence-electron chi connectivity index (χ4n) is 4.07. The highest BCUT2D eigenvalue weighted by Gasteiger charge is 2.56. The van der Waals surface area contributed by atoms with Gasteiger partial charge in [0.1, 0.15) is 11.6 Å². The standard InChI is InChI=1S/C17H26FN3O5S2/c1-21(11-12(22)10-18)14-5-4-13(8-15(14)27(19,23)24)28(25,26)20-16-9-17(16)6-2-3-7-17/h4-5,8,12,16,20,22H,2-3,6-7,9-11H2,1H3,(H2,19,23,24). The summed E-state index contributed by atoms with van der Waals surface area (Å²) in [6.45, 7) is -1.16. The fraction of sp³-hybridized carbons (Fsp3) is 0.647. The summed E-state index contributed by atoms with van der Waals surface area (Å²) in [5, 5.41) is 14.7. The SMILES string of the molecule is CN(CC(O)CF)c1ccc(S(=O)(=O)NC2CC23CCCC3)cc1S(N)(=O)=O. The third-order valence-electron chi connectivity index (χ3n) is 5.71. The van der Waals surface area contributed by atoms with Crippen molar-refractivity contribution >= 4 is 25.7 Å². The quantitative estimate of drug-likeness (QED) is 0.551. The van der Waals surface area contributed by atoms with Gasteiger partial charge in [0.05, 0.1) is 16.7 Å². The van der Waals surface area contributed by atoms with Crippen molar-refractivity contribution in [2.45, 2.75) is 54.0 Å². The van der Waals surface area contributed by atoms with Crippen LogP contribution in [0.3, 0.4) is 0 Å². The summed E-state index contributed by atoms with van der Waals surface area (Å²) < 4.78 is 64.8. The molecule has 0 amide bonds. The van der Waals surface area contributed by atoms with Gasteiger partial charge in [0.25, 0.3) is 0 Å². The van der Waals surface area contributed by atoms with Gasteiger partial charge >= 0.3 is 0 Å². The first-order valence-corrected chi connectivity index (χ1v) is 12.2. The van der Waals surface area contributed by atoms with Gasteiger partial charge in [0, 0.05) is 19.6 Å². The molecule has 2 fully saturated rings. The predicted octanol–water partition coefficient (Wildman–Crippen LogP) is 0.712. The van der Waals surface area contributed by atoms with E-state index in [0.29, 0.717) is 0 Å². The van der Waals surface area contributed by atoms with Crippen molar-refractivity contribution < 1.29 is 26.3 Å². The maximum Gasteiger partial charge on any atom is 0.240 e. The molecule has 0 radical (unpaired) electrons. The molecular weight excluding hydrogens is 409 g/mol. The Hall–Kier alpha value is -1.27. The van der Waals surface area contributed by atoms with Crippen LogP contribution < -0.4 is 14.8 Å². The third-order valence-corrected chi connectivity index (χ3v) is 8.12. The number of primary sulfonamides is 1. The summed E-state index contributed by atoms with van der Waals surface area (Å²) in [4.78, 5) is 0.734. The van der Waals surface area contributed by atoms with E-state index in [4.69, 9.17) is 5.14 Å². The maximum absolute atomic E-state index is 12.8. The zero-order valence-electron chi connectivity index (χ0n) is 15.6. The third kappa shape index (κ3) is 4.33. The molecular formula is C17H26FN3O5S2. The van der Waals surface area contributed by atoms with E-state index in [1.165, 1.54) is 24.1 Å². The van der Waals surface area contributed by atoms with Crippen LogP contribution in [-0.2, 0) is 20.0 Å². The topological polar surface area (TPSA) is 130 Å². The second kappa shape index (κ2) is 7.52. The van der Waals surface area contributed by atoms with Crippen molar-refractivity contribution in [3.8, 4) is 0 Å². The number of nitrogens with zero attached hydrogens (tertiary/aromatic N) is 1. The molecule has 2 aliphatic carbocycles. The summed E-state index contributed by atoms with van der Waals surface area (Å²) in [6, 6.07) is 3.47. The van der Waals surface area contributed by atoms with Crippen LogP contribution in [0.25, 0.3) is 0 Å². The molecule has 1 spiro atoms. The number of likely N-dealkylation sites (N-methyl/N-ethyl adjacent to an activating group) is 1. The van der Waals surface area contributed by atoms with Crippen molar-refractivity contribution in [2.75, 3.05) is 25.2 Å². The zero-order valence-corrected chi connectivity index (χ0v) is 17.3. The van der Waals surface area contributed by atoms with Crippen molar-refractivity contribution in [1.82, 2.24) is 4.72 Å². The molecule has 28 heavy (non-hydrogen) atoms. The molecule has 4 N–H and O–H groups in total. The van der Waals surface area contributed by atoms with E-state index in [9.17, 15) is 26.3 Å². The van der Waals surface area contributed by atoms with Crippen LogP contribution in [0, 0.1) is 5.41 Å². The largest absolute Gasteiger partial charge is 0.389 e. The van der Waals surface area contributed by atoms with Gasteiger partial charge in [-0.2, -0.15) is 0 Å². The van der Waals surface area contributed by atoms with Crippen LogP contribution in [0.1, 0.15) is 32.1 Å². The molecule has 11 heteroatoms. The summed E-state index contributed by atoms with van der Waals surface area (Å²) in [5.41, 5.74) is 0.144. The molecule has 0 aromatic heterocycles. The molecule has 0 heterocycles. The summed E-state index contributed by atoms with van der Waals surface area (Å²) in [6.07, 6.45) is 3.70. The zero-order chi connectivity index (χ0) is 20.7. The molecule has 0 aliphatic heterocycles. The number of sulfonamides is 2. The van der Waals surface area contributed by atoms with E-state index in [1.807, 2.05) is 0 Å². The number of anilines is 1. The average molecular weight is 436 g/mol. The summed E-state index contributed by atoms with van der Waals surface area (Å²) in [7, 11) is -6.70. The molecule has 1 aromatic carbocycles.